The number of nitrogens with zero attached hydrogens (tertiary/aromatic N) is 2. The van der Waals surface area contributed by atoms with Crippen molar-refractivity contribution >= 4 is 27.3 Å². The minimum atomic E-state index is 0.131. The lowest BCUT2D eigenvalue weighted by molar-refractivity contribution is 0.309. The number of halogens is 1. The number of thiazole rings is 1. The van der Waals surface area contributed by atoms with Crippen molar-refractivity contribution in [3.8, 4) is 0 Å². The summed E-state index contributed by atoms with van der Waals surface area (Å²) in [5.41, 5.74) is 2.31. The Morgan fingerprint density at radius 3 is 2.74 bits per heavy atom. The van der Waals surface area contributed by atoms with E-state index in [0.717, 1.165) is 29.8 Å². The maximum atomic E-state index is 11.6. The average molecular weight is 341 g/mol. The third-order valence-corrected chi connectivity index (χ3v) is 4.73. The van der Waals surface area contributed by atoms with Gasteiger partial charge in [0.2, 0.25) is 0 Å². The Morgan fingerprint density at radius 2 is 2.11 bits per heavy atom. The Hall–Kier alpha value is -0.910. The average Bonchev–Trinajstić information content (AvgIpc) is 2.70. The molecule has 0 atom stereocenters. The van der Waals surface area contributed by atoms with Gasteiger partial charge in [0.25, 0.3) is 0 Å². The molecule has 0 saturated carbocycles. The molecule has 0 aliphatic rings. The zero-order valence-electron chi connectivity index (χ0n) is 11.1. The predicted molar refractivity (Wildman–Crippen MR) is 83.8 cm³/mol. The fraction of sp³-hybridized carbons (Fsp3) is 0.357. The molecule has 0 aliphatic carbocycles. The van der Waals surface area contributed by atoms with Crippen LogP contribution in [-0.2, 0) is 13.1 Å². The van der Waals surface area contributed by atoms with Crippen LogP contribution in [0, 0.1) is 6.92 Å². The fourth-order valence-corrected chi connectivity index (χ4v) is 3.11. The van der Waals surface area contributed by atoms with Gasteiger partial charge in [-0.3, -0.25) is 4.79 Å². The lowest BCUT2D eigenvalue weighted by Gasteiger charge is -2.18. The molecule has 0 unspecified atom stereocenters. The number of likely N-dealkylation sites (N-methyl/N-ethyl adjacent to an activating group) is 1. The predicted octanol–water partition coefficient (Wildman–Crippen LogP) is 3.11. The summed E-state index contributed by atoms with van der Waals surface area (Å²) in [6.07, 6.45) is 0. The van der Waals surface area contributed by atoms with Crippen molar-refractivity contribution in [2.75, 3.05) is 13.6 Å². The molecule has 1 aromatic carbocycles. The van der Waals surface area contributed by atoms with Gasteiger partial charge in [-0.2, -0.15) is 0 Å². The normalized spacial score (nSPS) is 11.2. The van der Waals surface area contributed by atoms with Gasteiger partial charge in [0.1, 0.15) is 0 Å². The van der Waals surface area contributed by atoms with Gasteiger partial charge in [0, 0.05) is 35.2 Å². The first-order valence-corrected chi connectivity index (χ1v) is 7.82. The molecule has 5 heteroatoms. The van der Waals surface area contributed by atoms with Crippen LogP contribution >= 0.6 is 27.3 Å². The van der Waals surface area contributed by atoms with Crippen molar-refractivity contribution in [3.05, 3.63) is 55.0 Å². The Kier molecular flexibility index (Phi) is 4.96. The molecule has 102 valence electrons. The van der Waals surface area contributed by atoms with Crippen LogP contribution in [-0.4, -0.2) is 23.1 Å². The highest BCUT2D eigenvalue weighted by molar-refractivity contribution is 9.10. The molecule has 2 aromatic rings. The van der Waals surface area contributed by atoms with E-state index in [1.54, 1.807) is 0 Å². The summed E-state index contributed by atoms with van der Waals surface area (Å²) in [4.78, 5) is 14.0. The van der Waals surface area contributed by atoms with Crippen molar-refractivity contribution in [3.63, 3.8) is 0 Å². The van der Waals surface area contributed by atoms with E-state index in [0.29, 0.717) is 0 Å². The van der Waals surface area contributed by atoms with Crippen LogP contribution in [0.15, 0.2) is 38.9 Å². The lowest BCUT2D eigenvalue weighted by atomic mass is 10.2. The Balaban J connectivity index is 1.94. The molecule has 1 heterocycles. The summed E-state index contributed by atoms with van der Waals surface area (Å²) in [5, 5.41) is 1.91. The molecule has 0 N–H and O–H groups in total. The van der Waals surface area contributed by atoms with Crippen molar-refractivity contribution in [1.29, 1.82) is 0 Å². The molecule has 0 amide bonds. The summed E-state index contributed by atoms with van der Waals surface area (Å²) in [6.45, 7) is 4.46. The Morgan fingerprint density at radius 1 is 1.37 bits per heavy atom. The molecular weight excluding hydrogens is 324 g/mol. The van der Waals surface area contributed by atoms with Gasteiger partial charge in [0.05, 0.1) is 0 Å². The van der Waals surface area contributed by atoms with Crippen molar-refractivity contribution in [1.82, 2.24) is 9.47 Å². The minimum absolute atomic E-state index is 0.131. The summed E-state index contributed by atoms with van der Waals surface area (Å²) in [6, 6.07) is 8.22. The van der Waals surface area contributed by atoms with E-state index in [-0.39, 0.29) is 4.87 Å². The largest absolute Gasteiger partial charge is 0.307 e. The lowest BCUT2D eigenvalue weighted by Crippen LogP contribution is -2.26. The van der Waals surface area contributed by atoms with Crippen LogP contribution in [0.25, 0.3) is 0 Å². The second kappa shape index (κ2) is 6.50. The first-order chi connectivity index (χ1) is 9.08. The molecule has 0 saturated heterocycles. The molecule has 1 aromatic heterocycles. The number of hydrogen-bond donors (Lipinski definition) is 0. The third-order valence-electron chi connectivity index (χ3n) is 3.08. The van der Waals surface area contributed by atoms with Crippen LogP contribution in [0.4, 0.5) is 0 Å². The zero-order valence-corrected chi connectivity index (χ0v) is 13.5. The molecule has 0 spiro atoms. The second-order valence-electron chi connectivity index (χ2n) is 4.62. The summed E-state index contributed by atoms with van der Waals surface area (Å²) < 4.78 is 2.96. The summed E-state index contributed by atoms with van der Waals surface area (Å²) in [5.74, 6) is 0. The van der Waals surface area contributed by atoms with E-state index in [1.807, 2.05) is 29.0 Å². The van der Waals surface area contributed by atoms with Crippen LogP contribution in [0.1, 0.15) is 11.3 Å². The van der Waals surface area contributed by atoms with Crippen LogP contribution in [0.3, 0.4) is 0 Å². The number of aromatic nitrogens is 1. The van der Waals surface area contributed by atoms with Gasteiger partial charge in [-0.05, 0) is 25.6 Å². The van der Waals surface area contributed by atoms with Crippen LogP contribution in [0.2, 0.25) is 0 Å². The second-order valence-corrected chi connectivity index (χ2v) is 6.30. The first kappa shape index (κ1) is 14.5. The van der Waals surface area contributed by atoms with Crippen LogP contribution in [0.5, 0.6) is 0 Å². The Labute approximate surface area is 125 Å². The number of aryl methyl sites for hydroxylation is 1. The molecule has 0 fully saturated rings. The molecule has 0 bridgehead atoms. The highest BCUT2D eigenvalue weighted by Gasteiger charge is 2.06. The van der Waals surface area contributed by atoms with Crippen molar-refractivity contribution < 1.29 is 0 Å². The zero-order chi connectivity index (χ0) is 13.8. The van der Waals surface area contributed by atoms with Gasteiger partial charge in [-0.15, -0.1) is 0 Å². The van der Waals surface area contributed by atoms with Gasteiger partial charge in [0.15, 0.2) is 0 Å². The Bertz CT molecular complexity index is 605. The molecule has 0 aliphatic heterocycles. The maximum Gasteiger partial charge on any atom is 0.307 e. The smallest absolute Gasteiger partial charge is 0.302 e. The van der Waals surface area contributed by atoms with E-state index in [2.05, 4.69) is 40.0 Å². The molecule has 19 heavy (non-hydrogen) atoms. The topological polar surface area (TPSA) is 25.2 Å². The highest BCUT2D eigenvalue weighted by Crippen LogP contribution is 2.17. The summed E-state index contributed by atoms with van der Waals surface area (Å²) in [7, 11) is 2.08. The summed E-state index contributed by atoms with van der Waals surface area (Å²) >= 11 is 4.83. The standard InChI is InChI=1S/C14H17BrN2OS/c1-11-10-19-14(18)17(11)8-7-16(2)9-12-5-3-4-6-13(12)15/h3-6,10H,7-9H2,1-2H3. The van der Waals surface area contributed by atoms with E-state index in [9.17, 15) is 4.79 Å². The maximum absolute atomic E-state index is 11.6. The van der Waals surface area contributed by atoms with Crippen LogP contribution < -0.4 is 4.87 Å². The van der Waals surface area contributed by atoms with E-state index in [1.165, 1.54) is 16.9 Å². The molecule has 0 radical (unpaired) electrons. The minimum Gasteiger partial charge on any atom is -0.302 e. The van der Waals surface area contributed by atoms with E-state index < -0.39 is 0 Å². The van der Waals surface area contributed by atoms with Gasteiger partial charge < -0.3 is 9.47 Å². The third kappa shape index (κ3) is 3.78. The monoisotopic (exact) mass is 340 g/mol. The van der Waals surface area contributed by atoms with Crippen molar-refractivity contribution in [2.24, 2.45) is 0 Å². The fourth-order valence-electron chi connectivity index (χ4n) is 1.94. The number of hydrogen-bond acceptors (Lipinski definition) is 3. The quantitative estimate of drug-likeness (QED) is 0.835. The SMILES string of the molecule is Cc1csc(=O)n1CCN(C)Cc1ccccc1Br. The van der Waals surface area contributed by atoms with Gasteiger partial charge >= 0.3 is 4.87 Å². The van der Waals surface area contributed by atoms with E-state index in [4.69, 9.17) is 0 Å². The highest BCUT2D eigenvalue weighted by atomic mass is 79.9. The number of benzene rings is 1. The first-order valence-electron chi connectivity index (χ1n) is 6.15. The molecular formula is C14H17BrN2OS. The number of rotatable bonds is 5. The molecule has 2 rings (SSSR count). The van der Waals surface area contributed by atoms with E-state index >= 15 is 0 Å². The molecule has 3 nitrogen and oxygen atoms in total. The van der Waals surface area contributed by atoms with Crippen molar-refractivity contribution in [2.45, 2.75) is 20.0 Å². The van der Waals surface area contributed by atoms with Gasteiger partial charge in [-0.1, -0.05) is 45.5 Å². The van der Waals surface area contributed by atoms with Gasteiger partial charge in [-0.25, -0.2) is 0 Å².